The van der Waals surface area contributed by atoms with Gasteiger partial charge in [0.1, 0.15) is 0 Å². The fourth-order valence-electron chi connectivity index (χ4n) is 3.07. The number of nitrogens with zero attached hydrogens (tertiary/aromatic N) is 1. The Kier molecular flexibility index (Phi) is 3.17. The van der Waals surface area contributed by atoms with Gasteiger partial charge >= 0.3 is 0 Å². The van der Waals surface area contributed by atoms with E-state index in [1.54, 1.807) is 0 Å². The van der Waals surface area contributed by atoms with E-state index in [4.69, 9.17) is 0 Å². The molecule has 2 unspecified atom stereocenters. The highest BCUT2D eigenvalue weighted by Crippen LogP contribution is 2.42. The third-order valence-electron chi connectivity index (χ3n) is 4.34. The minimum Gasteiger partial charge on any atom is -0.396 e. The van der Waals surface area contributed by atoms with Crippen molar-refractivity contribution < 1.29 is 5.11 Å². The summed E-state index contributed by atoms with van der Waals surface area (Å²) in [6.45, 7) is 2.62. The molecule has 1 saturated heterocycles. The zero-order chi connectivity index (χ0) is 11.7. The normalized spacial score (nSPS) is 26.5. The summed E-state index contributed by atoms with van der Waals surface area (Å²) in [5.41, 5.74) is 1.39. The van der Waals surface area contributed by atoms with Crippen LogP contribution >= 0.6 is 0 Å². The van der Waals surface area contributed by atoms with Gasteiger partial charge in [0.25, 0.3) is 0 Å². The summed E-state index contributed by atoms with van der Waals surface area (Å²) < 4.78 is 0. The summed E-state index contributed by atoms with van der Waals surface area (Å²) >= 11 is 0. The first-order chi connectivity index (χ1) is 8.38. The van der Waals surface area contributed by atoms with Crippen LogP contribution in [0.2, 0.25) is 0 Å². The molecule has 1 heterocycles. The summed E-state index contributed by atoms with van der Waals surface area (Å²) in [5.74, 6) is 1.34. The summed E-state index contributed by atoms with van der Waals surface area (Å²) in [4.78, 5) is 2.54. The van der Waals surface area contributed by atoms with Crippen molar-refractivity contribution in [2.45, 2.75) is 31.8 Å². The molecular formula is C15H21NO. The van der Waals surface area contributed by atoms with Crippen molar-refractivity contribution in [1.29, 1.82) is 0 Å². The number of aliphatic hydroxyl groups excluding tert-OH is 1. The molecule has 1 N–H and O–H groups in total. The fraction of sp³-hybridized carbons (Fsp3) is 0.600. The Bertz CT molecular complexity index is 360. The Labute approximate surface area is 103 Å². The van der Waals surface area contributed by atoms with Crippen LogP contribution in [0, 0.1) is 11.8 Å². The molecule has 0 amide bonds. The molecule has 2 aliphatic rings. The van der Waals surface area contributed by atoms with Crippen LogP contribution in [0.5, 0.6) is 0 Å². The van der Waals surface area contributed by atoms with E-state index in [0.717, 1.165) is 12.5 Å². The maximum atomic E-state index is 9.53. The van der Waals surface area contributed by atoms with Gasteiger partial charge in [0, 0.05) is 31.7 Å². The minimum atomic E-state index is 0.376. The van der Waals surface area contributed by atoms with E-state index in [2.05, 4.69) is 35.2 Å². The van der Waals surface area contributed by atoms with Gasteiger partial charge in [-0.05, 0) is 30.7 Å². The van der Waals surface area contributed by atoms with Gasteiger partial charge in [-0.25, -0.2) is 0 Å². The predicted molar refractivity (Wildman–Crippen MR) is 68.6 cm³/mol. The number of benzene rings is 1. The molecule has 1 aromatic carbocycles. The summed E-state index contributed by atoms with van der Waals surface area (Å²) in [6.07, 6.45) is 3.94. The number of rotatable bonds is 5. The van der Waals surface area contributed by atoms with Crippen molar-refractivity contribution in [2.75, 3.05) is 13.2 Å². The molecule has 0 aromatic heterocycles. The smallest absolute Gasteiger partial charge is 0.0476 e. The van der Waals surface area contributed by atoms with Gasteiger partial charge in [-0.15, -0.1) is 0 Å². The molecule has 1 aliphatic heterocycles. The zero-order valence-electron chi connectivity index (χ0n) is 10.3. The second kappa shape index (κ2) is 4.79. The lowest BCUT2D eigenvalue weighted by Crippen LogP contribution is -2.52. The number of hydrogen-bond donors (Lipinski definition) is 1. The van der Waals surface area contributed by atoms with Crippen LogP contribution in [-0.4, -0.2) is 29.2 Å². The summed E-state index contributed by atoms with van der Waals surface area (Å²) in [7, 11) is 0. The van der Waals surface area contributed by atoms with E-state index < -0.39 is 0 Å². The number of likely N-dealkylation sites (tertiary alicyclic amines) is 1. The highest BCUT2D eigenvalue weighted by Gasteiger charge is 2.42. The second-order valence-corrected chi connectivity index (χ2v) is 5.50. The quantitative estimate of drug-likeness (QED) is 0.840. The molecule has 2 fully saturated rings. The monoisotopic (exact) mass is 231 g/mol. The molecule has 0 radical (unpaired) electrons. The van der Waals surface area contributed by atoms with Crippen molar-refractivity contribution in [2.24, 2.45) is 11.8 Å². The molecular weight excluding hydrogens is 210 g/mol. The van der Waals surface area contributed by atoms with Gasteiger partial charge < -0.3 is 5.11 Å². The molecule has 17 heavy (non-hydrogen) atoms. The number of hydrogen-bond acceptors (Lipinski definition) is 2. The predicted octanol–water partition coefficient (Wildman–Crippen LogP) is 2.28. The van der Waals surface area contributed by atoms with Gasteiger partial charge in [-0.1, -0.05) is 30.3 Å². The van der Waals surface area contributed by atoms with Crippen LogP contribution < -0.4 is 0 Å². The van der Waals surface area contributed by atoms with Crippen molar-refractivity contribution in [3.8, 4) is 0 Å². The van der Waals surface area contributed by atoms with E-state index >= 15 is 0 Å². The van der Waals surface area contributed by atoms with Crippen LogP contribution in [0.1, 0.15) is 24.8 Å². The maximum Gasteiger partial charge on any atom is 0.0476 e. The van der Waals surface area contributed by atoms with Crippen molar-refractivity contribution in [3.63, 3.8) is 0 Å². The Morgan fingerprint density at radius 3 is 2.47 bits per heavy atom. The van der Waals surface area contributed by atoms with Crippen LogP contribution in [-0.2, 0) is 6.54 Å². The van der Waals surface area contributed by atoms with Crippen molar-refractivity contribution >= 4 is 0 Å². The second-order valence-electron chi connectivity index (χ2n) is 5.50. The van der Waals surface area contributed by atoms with Gasteiger partial charge in [-0.3, -0.25) is 4.90 Å². The van der Waals surface area contributed by atoms with E-state index in [-0.39, 0.29) is 0 Å². The van der Waals surface area contributed by atoms with Crippen LogP contribution in [0.4, 0.5) is 0 Å². The van der Waals surface area contributed by atoms with Gasteiger partial charge in [0.2, 0.25) is 0 Å². The molecule has 2 heteroatoms. The van der Waals surface area contributed by atoms with Crippen molar-refractivity contribution in [3.05, 3.63) is 35.9 Å². The molecule has 2 nitrogen and oxygen atoms in total. The molecule has 1 aromatic rings. The lowest BCUT2D eigenvalue weighted by atomic mass is 9.86. The third-order valence-corrected chi connectivity index (χ3v) is 4.34. The lowest BCUT2D eigenvalue weighted by Gasteiger charge is -2.45. The third kappa shape index (κ3) is 2.38. The molecule has 0 bridgehead atoms. The molecule has 3 rings (SSSR count). The molecule has 1 aliphatic carbocycles. The van der Waals surface area contributed by atoms with Gasteiger partial charge in [0.15, 0.2) is 0 Å². The largest absolute Gasteiger partial charge is 0.396 e. The SMILES string of the molecule is OCC(C1CC1)C1CCN1Cc1ccccc1. The van der Waals surface area contributed by atoms with Crippen LogP contribution in [0.25, 0.3) is 0 Å². The number of aliphatic hydroxyl groups is 1. The van der Waals surface area contributed by atoms with Crippen LogP contribution in [0.15, 0.2) is 30.3 Å². The summed E-state index contributed by atoms with van der Waals surface area (Å²) in [6, 6.07) is 11.3. The van der Waals surface area contributed by atoms with Crippen molar-refractivity contribution in [1.82, 2.24) is 4.90 Å². The fourth-order valence-corrected chi connectivity index (χ4v) is 3.07. The van der Waals surface area contributed by atoms with Crippen LogP contribution in [0.3, 0.4) is 0 Å². The molecule has 92 valence electrons. The average Bonchev–Trinajstić information content (AvgIpc) is 3.17. The van der Waals surface area contributed by atoms with E-state index in [1.165, 1.54) is 31.4 Å². The first-order valence-electron chi connectivity index (χ1n) is 6.77. The first kappa shape index (κ1) is 11.2. The summed E-state index contributed by atoms with van der Waals surface area (Å²) in [5, 5.41) is 9.53. The molecule has 2 atom stereocenters. The van der Waals surface area contributed by atoms with Gasteiger partial charge in [-0.2, -0.15) is 0 Å². The topological polar surface area (TPSA) is 23.5 Å². The standard InChI is InChI=1S/C15H21NO/c17-11-14(13-6-7-13)15-8-9-16(15)10-12-4-2-1-3-5-12/h1-5,13-15,17H,6-11H2. The average molecular weight is 231 g/mol. The van der Waals surface area contributed by atoms with E-state index in [1.807, 2.05) is 0 Å². The molecule has 0 spiro atoms. The van der Waals surface area contributed by atoms with Gasteiger partial charge in [0.05, 0.1) is 0 Å². The van der Waals surface area contributed by atoms with E-state index in [0.29, 0.717) is 18.6 Å². The highest BCUT2D eigenvalue weighted by molar-refractivity contribution is 5.15. The Hall–Kier alpha value is -0.860. The maximum absolute atomic E-state index is 9.53. The lowest BCUT2D eigenvalue weighted by molar-refractivity contribution is 0.00572. The Morgan fingerprint density at radius 2 is 1.94 bits per heavy atom. The first-order valence-corrected chi connectivity index (χ1v) is 6.77. The Morgan fingerprint density at radius 1 is 1.18 bits per heavy atom. The Balaban J connectivity index is 1.61. The minimum absolute atomic E-state index is 0.376. The molecule has 1 saturated carbocycles. The zero-order valence-corrected chi connectivity index (χ0v) is 10.3. The highest BCUT2D eigenvalue weighted by atomic mass is 16.3. The van der Waals surface area contributed by atoms with E-state index in [9.17, 15) is 5.11 Å².